The second-order valence-electron chi connectivity index (χ2n) is 6.16. The Bertz CT molecular complexity index is 437. The first kappa shape index (κ1) is 16.7. The normalized spacial score (nSPS) is 14.7. The van der Waals surface area contributed by atoms with Gasteiger partial charge in [0.15, 0.2) is 0 Å². The minimum Gasteiger partial charge on any atom is -0.469 e. The van der Waals surface area contributed by atoms with Crippen LogP contribution in [-0.2, 0) is 9.53 Å². The van der Waals surface area contributed by atoms with E-state index in [1.54, 1.807) is 0 Å². The first-order valence-corrected chi connectivity index (χ1v) is 7.25. The molecule has 2 N–H and O–H groups in total. The topological polar surface area (TPSA) is 52.3 Å². The first-order chi connectivity index (χ1) is 9.31. The average Bonchev–Trinajstić information content (AvgIpc) is 2.45. The zero-order chi connectivity index (χ0) is 15.3. The largest absolute Gasteiger partial charge is 0.469 e. The van der Waals surface area contributed by atoms with Crippen molar-refractivity contribution in [3.63, 3.8) is 0 Å². The second-order valence-corrected chi connectivity index (χ2v) is 6.16. The van der Waals surface area contributed by atoms with Gasteiger partial charge in [-0.25, -0.2) is 0 Å². The molecule has 0 saturated heterocycles. The lowest BCUT2D eigenvalue weighted by molar-refractivity contribution is -0.151. The maximum absolute atomic E-state index is 11.7. The van der Waals surface area contributed by atoms with Gasteiger partial charge in [-0.1, -0.05) is 38.1 Å². The predicted octanol–water partition coefficient (Wildman–Crippen LogP) is 3.79. The van der Waals surface area contributed by atoms with Gasteiger partial charge in [-0.05, 0) is 43.7 Å². The number of nitrogens with two attached hydrogens (primary N) is 1. The van der Waals surface area contributed by atoms with Gasteiger partial charge in [0, 0.05) is 6.04 Å². The van der Waals surface area contributed by atoms with Gasteiger partial charge < -0.3 is 10.5 Å². The summed E-state index contributed by atoms with van der Waals surface area (Å²) in [7, 11) is 1.41. The average molecular weight is 277 g/mol. The Morgan fingerprint density at radius 2 is 1.75 bits per heavy atom. The van der Waals surface area contributed by atoms with E-state index in [2.05, 4.69) is 38.1 Å². The van der Waals surface area contributed by atoms with Crippen LogP contribution in [0.5, 0.6) is 0 Å². The molecule has 1 aromatic rings. The van der Waals surface area contributed by atoms with Gasteiger partial charge >= 0.3 is 5.97 Å². The van der Waals surface area contributed by atoms with Crippen LogP contribution >= 0.6 is 0 Å². The van der Waals surface area contributed by atoms with Gasteiger partial charge in [-0.2, -0.15) is 0 Å². The van der Waals surface area contributed by atoms with Crippen molar-refractivity contribution in [2.45, 2.75) is 52.5 Å². The van der Waals surface area contributed by atoms with Gasteiger partial charge in [0.2, 0.25) is 0 Å². The smallest absolute Gasteiger partial charge is 0.311 e. The summed E-state index contributed by atoms with van der Waals surface area (Å²) in [5.41, 5.74) is 8.05. The Kier molecular flexibility index (Phi) is 5.75. The molecule has 0 aromatic heterocycles. The van der Waals surface area contributed by atoms with Gasteiger partial charge in [-0.3, -0.25) is 4.79 Å². The third kappa shape index (κ3) is 4.07. The molecule has 2 atom stereocenters. The van der Waals surface area contributed by atoms with E-state index in [9.17, 15) is 4.79 Å². The van der Waals surface area contributed by atoms with Gasteiger partial charge in [0.25, 0.3) is 0 Å². The van der Waals surface area contributed by atoms with Crippen LogP contribution in [0.4, 0.5) is 0 Å². The standard InChI is InChI=1S/C17H27NO2/c1-6-12(2)13-7-9-14(10-8-13)15(18)11-17(3,4)16(19)20-5/h7-10,12,15H,6,11,18H2,1-5H3. The van der Waals surface area contributed by atoms with Crippen LogP contribution in [0.2, 0.25) is 0 Å². The summed E-state index contributed by atoms with van der Waals surface area (Å²) < 4.78 is 4.82. The van der Waals surface area contributed by atoms with Crippen molar-refractivity contribution in [3.05, 3.63) is 35.4 Å². The van der Waals surface area contributed by atoms with E-state index < -0.39 is 5.41 Å². The number of hydrogen-bond donors (Lipinski definition) is 1. The molecule has 0 amide bonds. The number of esters is 1. The Labute approximate surface area is 122 Å². The molecule has 3 nitrogen and oxygen atoms in total. The highest BCUT2D eigenvalue weighted by Gasteiger charge is 2.31. The van der Waals surface area contributed by atoms with Crippen LogP contribution in [0, 0.1) is 5.41 Å². The molecule has 2 unspecified atom stereocenters. The summed E-state index contributed by atoms with van der Waals surface area (Å²) in [5.74, 6) is 0.343. The fourth-order valence-electron chi connectivity index (χ4n) is 2.33. The summed E-state index contributed by atoms with van der Waals surface area (Å²) in [6, 6.07) is 8.25. The Morgan fingerprint density at radius 1 is 1.25 bits per heavy atom. The summed E-state index contributed by atoms with van der Waals surface area (Å²) in [6.07, 6.45) is 1.70. The number of carbonyl (C=O) groups is 1. The lowest BCUT2D eigenvalue weighted by Crippen LogP contribution is -2.30. The molecular weight excluding hydrogens is 250 g/mol. The molecule has 0 aliphatic heterocycles. The predicted molar refractivity (Wildman–Crippen MR) is 82.5 cm³/mol. The van der Waals surface area contributed by atoms with E-state index in [-0.39, 0.29) is 12.0 Å². The van der Waals surface area contributed by atoms with E-state index >= 15 is 0 Å². The van der Waals surface area contributed by atoms with Crippen molar-refractivity contribution in [1.82, 2.24) is 0 Å². The van der Waals surface area contributed by atoms with Crippen molar-refractivity contribution in [1.29, 1.82) is 0 Å². The van der Waals surface area contributed by atoms with E-state index in [0.717, 1.165) is 12.0 Å². The van der Waals surface area contributed by atoms with Gasteiger partial charge in [0.05, 0.1) is 12.5 Å². The maximum Gasteiger partial charge on any atom is 0.311 e. The van der Waals surface area contributed by atoms with Crippen LogP contribution < -0.4 is 5.73 Å². The zero-order valence-corrected chi connectivity index (χ0v) is 13.3. The van der Waals surface area contributed by atoms with Crippen molar-refractivity contribution >= 4 is 5.97 Å². The molecular formula is C17H27NO2. The molecule has 0 radical (unpaired) electrons. The number of methoxy groups -OCH3 is 1. The lowest BCUT2D eigenvalue weighted by atomic mass is 9.83. The van der Waals surface area contributed by atoms with Gasteiger partial charge in [0.1, 0.15) is 0 Å². The number of hydrogen-bond acceptors (Lipinski definition) is 3. The fraction of sp³-hybridized carbons (Fsp3) is 0.588. The Hall–Kier alpha value is -1.35. The number of benzene rings is 1. The number of carbonyl (C=O) groups excluding carboxylic acids is 1. The van der Waals surface area contributed by atoms with E-state index in [1.165, 1.54) is 12.7 Å². The number of ether oxygens (including phenoxy) is 1. The van der Waals surface area contributed by atoms with Crippen LogP contribution in [0.3, 0.4) is 0 Å². The monoisotopic (exact) mass is 277 g/mol. The SMILES string of the molecule is CCC(C)c1ccc(C(N)CC(C)(C)C(=O)OC)cc1. The Balaban J connectivity index is 2.78. The quantitative estimate of drug-likeness (QED) is 0.805. The van der Waals surface area contributed by atoms with E-state index in [1.807, 2.05) is 13.8 Å². The highest BCUT2D eigenvalue weighted by atomic mass is 16.5. The summed E-state index contributed by atoms with van der Waals surface area (Å²) in [4.78, 5) is 11.7. The third-order valence-corrected chi connectivity index (χ3v) is 4.01. The molecule has 1 rings (SSSR count). The van der Waals surface area contributed by atoms with Crippen molar-refractivity contribution in [3.8, 4) is 0 Å². The van der Waals surface area contributed by atoms with Crippen LogP contribution in [-0.4, -0.2) is 13.1 Å². The van der Waals surface area contributed by atoms with E-state index in [0.29, 0.717) is 12.3 Å². The van der Waals surface area contributed by atoms with Crippen molar-refractivity contribution in [2.75, 3.05) is 7.11 Å². The summed E-state index contributed by atoms with van der Waals surface area (Å²) in [6.45, 7) is 8.14. The number of rotatable bonds is 6. The molecule has 20 heavy (non-hydrogen) atoms. The molecule has 0 aliphatic rings. The summed E-state index contributed by atoms with van der Waals surface area (Å²) in [5, 5.41) is 0. The fourth-order valence-corrected chi connectivity index (χ4v) is 2.33. The molecule has 112 valence electrons. The molecule has 0 fully saturated rings. The second kappa shape index (κ2) is 6.89. The highest BCUT2D eigenvalue weighted by molar-refractivity contribution is 5.75. The Morgan fingerprint density at radius 3 is 2.20 bits per heavy atom. The van der Waals surface area contributed by atoms with Crippen LogP contribution in [0.1, 0.15) is 63.6 Å². The minimum atomic E-state index is -0.566. The molecule has 0 aliphatic carbocycles. The molecule has 0 spiro atoms. The molecule has 0 saturated carbocycles. The summed E-state index contributed by atoms with van der Waals surface area (Å²) >= 11 is 0. The van der Waals surface area contributed by atoms with Crippen molar-refractivity contribution < 1.29 is 9.53 Å². The molecule has 0 heterocycles. The maximum atomic E-state index is 11.7. The zero-order valence-electron chi connectivity index (χ0n) is 13.3. The van der Waals surface area contributed by atoms with Crippen LogP contribution in [0.25, 0.3) is 0 Å². The first-order valence-electron chi connectivity index (χ1n) is 7.25. The van der Waals surface area contributed by atoms with E-state index in [4.69, 9.17) is 10.5 Å². The third-order valence-electron chi connectivity index (χ3n) is 4.01. The van der Waals surface area contributed by atoms with Crippen LogP contribution in [0.15, 0.2) is 24.3 Å². The highest BCUT2D eigenvalue weighted by Crippen LogP contribution is 2.30. The molecule has 1 aromatic carbocycles. The minimum absolute atomic E-state index is 0.157. The van der Waals surface area contributed by atoms with Crippen molar-refractivity contribution in [2.24, 2.45) is 11.1 Å². The molecule has 3 heteroatoms. The van der Waals surface area contributed by atoms with Gasteiger partial charge in [-0.15, -0.1) is 0 Å². The lowest BCUT2D eigenvalue weighted by Gasteiger charge is -2.25. The molecule has 0 bridgehead atoms.